The highest BCUT2D eigenvalue weighted by molar-refractivity contribution is 6.31. The van der Waals surface area contributed by atoms with E-state index >= 15 is 0 Å². The van der Waals surface area contributed by atoms with Crippen molar-refractivity contribution in [2.75, 3.05) is 24.4 Å². The summed E-state index contributed by atoms with van der Waals surface area (Å²) in [6.07, 6.45) is 3.13. The highest BCUT2D eigenvalue weighted by atomic mass is 35.5. The second-order valence-electron chi connectivity index (χ2n) is 3.71. The van der Waals surface area contributed by atoms with Gasteiger partial charge in [-0.05, 0) is 30.2 Å². The maximum Gasteiger partial charge on any atom is 0.0443 e. The maximum absolute atomic E-state index is 6.01. The number of benzene rings is 1. The van der Waals surface area contributed by atoms with Crippen LogP contribution in [0, 0.1) is 0 Å². The van der Waals surface area contributed by atoms with Crippen LogP contribution in [0.3, 0.4) is 0 Å². The van der Waals surface area contributed by atoms with Crippen LogP contribution in [-0.2, 0) is 0 Å². The molecule has 0 aromatic heterocycles. The Morgan fingerprint density at radius 3 is 2.93 bits per heavy atom. The number of likely N-dealkylation sites (N-methyl/N-ethyl adjacent to an activating group) is 1. The van der Waals surface area contributed by atoms with Gasteiger partial charge in [0.15, 0.2) is 0 Å². The summed E-state index contributed by atoms with van der Waals surface area (Å²) in [5, 5.41) is 0.782. The van der Waals surface area contributed by atoms with Crippen LogP contribution in [0.1, 0.15) is 12.0 Å². The quantitative estimate of drug-likeness (QED) is 0.713. The molecule has 1 aliphatic rings. The first-order valence-electron chi connectivity index (χ1n) is 4.98. The van der Waals surface area contributed by atoms with E-state index in [1.807, 2.05) is 12.1 Å². The predicted octanol–water partition coefficient (Wildman–Crippen LogP) is 3.80. The summed E-state index contributed by atoms with van der Waals surface area (Å²) in [5.74, 6) is 0.654. The Hall–Kier alpha value is -0.660. The van der Waals surface area contributed by atoms with Crippen LogP contribution >= 0.6 is 23.2 Å². The highest BCUT2D eigenvalue weighted by Gasteiger charge is 2.15. The molecule has 0 N–H and O–H groups in total. The lowest BCUT2D eigenvalue weighted by Gasteiger charge is -2.27. The van der Waals surface area contributed by atoms with Crippen molar-refractivity contribution < 1.29 is 0 Å². The molecule has 0 amide bonds. The fraction of sp³-hybridized carbons (Fsp3) is 0.333. The average Bonchev–Trinajstić information content (AvgIpc) is 2.22. The summed E-state index contributed by atoms with van der Waals surface area (Å²) in [5.41, 5.74) is 3.76. The lowest BCUT2D eigenvalue weighted by molar-refractivity contribution is 1.00. The Morgan fingerprint density at radius 2 is 2.20 bits per heavy atom. The third-order valence-electron chi connectivity index (χ3n) is 2.69. The van der Waals surface area contributed by atoms with Crippen LogP contribution in [0.5, 0.6) is 0 Å². The van der Waals surface area contributed by atoms with Gasteiger partial charge < -0.3 is 4.90 Å². The van der Waals surface area contributed by atoms with E-state index < -0.39 is 0 Å². The third-order valence-corrected chi connectivity index (χ3v) is 3.12. The smallest absolute Gasteiger partial charge is 0.0443 e. The van der Waals surface area contributed by atoms with Gasteiger partial charge in [0.25, 0.3) is 0 Å². The van der Waals surface area contributed by atoms with Gasteiger partial charge in [-0.2, -0.15) is 0 Å². The van der Waals surface area contributed by atoms with Crippen LogP contribution in [0.25, 0.3) is 5.57 Å². The van der Waals surface area contributed by atoms with E-state index in [9.17, 15) is 0 Å². The molecule has 0 spiro atoms. The molecule has 3 heteroatoms. The molecular weight excluding hydrogens is 229 g/mol. The molecular formula is C12H13Cl2N. The first-order chi connectivity index (χ1) is 7.22. The summed E-state index contributed by atoms with van der Waals surface area (Å²) in [7, 11) is 2.08. The molecule has 1 heterocycles. The zero-order chi connectivity index (χ0) is 10.8. The lowest BCUT2D eigenvalue weighted by Crippen LogP contribution is -2.21. The molecule has 15 heavy (non-hydrogen) atoms. The Bertz CT molecular complexity index is 399. The Labute approximate surface area is 100 Å². The van der Waals surface area contributed by atoms with Crippen molar-refractivity contribution in [2.45, 2.75) is 6.42 Å². The molecule has 1 aromatic carbocycles. The van der Waals surface area contributed by atoms with Crippen LogP contribution in [0.2, 0.25) is 5.02 Å². The second-order valence-corrected chi connectivity index (χ2v) is 4.52. The number of hydrogen-bond donors (Lipinski definition) is 0. The molecule has 0 saturated carbocycles. The van der Waals surface area contributed by atoms with Gasteiger partial charge in [-0.1, -0.05) is 17.7 Å². The number of fused-ring (bicyclic) bond motifs is 1. The monoisotopic (exact) mass is 241 g/mol. The molecule has 1 aromatic rings. The van der Waals surface area contributed by atoms with E-state index in [1.54, 1.807) is 0 Å². The van der Waals surface area contributed by atoms with Gasteiger partial charge in [0.1, 0.15) is 0 Å². The van der Waals surface area contributed by atoms with Crippen LogP contribution < -0.4 is 4.90 Å². The zero-order valence-corrected chi connectivity index (χ0v) is 10.1. The molecule has 1 aliphatic heterocycles. The van der Waals surface area contributed by atoms with E-state index in [0.717, 1.165) is 18.0 Å². The first kappa shape index (κ1) is 10.8. The molecule has 1 nitrogen and oxygen atoms in total. The van der Waals surface area contributed by atoms with E-state index in [1.165, 1.54) is 16.8 Å². The number of alkyl halides is 1. The minimum absolute atomic E-state index is 0.654. The van der Waals surface area contributed by atoms with Crippen molar-refractivity contribution in [1.29, 1.82) is 0 Å². The minimum Gasteiger partial charge on any atom is -0.370 e. The van der Waals surface area contributed by atoms with Crippen molar-refractivity contribution in [3.05, 3.63) is 34.9 Å². The lowest BCUT2D eigenvalue weighted by atomic mass is 9.97. The van der Waals surface area contributed by atoms with Crippen molar-refractivity contribution in [2.24, 2.45) is 0 Å². The van der Waals surface area contributed by atoms with E-state index in [2.05, 4.69) is 24.1 Å². The van der Waals surface area contributed by atoms with Crippen LogP contribution in [0.15, 0.2) is 24.3 Å². The molecule has 2 rings (SSSR count). The number of anilines is 1. The minimum atomic E-state index is 0.654. The van der Waals surface area contributed by atoms with Gasteiger partial charge in [-0.3, -0.25) is 0 Å². The molecule has 0 unspecified atom stereocenters. The summed E-state index contributed by atoms with van der Waals surface area (Å²) in [6.45, 7) is 0.945. The molecule has 0 radical (unpaired) electrons. The predicted molar refractivity (Wildman–Crippen MR) is 68.0 cm³/mol. The summed E-state index contributed by atoms with van der Waals surface area (Å²) >= 11 is 11.8. The van der Waals surface area contributed by atoms with Crippen molar-refractivity contribution in [3.8, 4) is 0 Å². The molecule has 0 fully saturated rings. The van der Waals surface area contributed by atoms with Gasteiger partial charge in [0.05, 0.1) is 0 Å². The van der Waals surface area contributed by atoms with E-state index in [4.69, 9.17) is 23.2 Å². The molecule has 0 saturated heterocycles. The Morgan fingerprint density at radius 1 is 1.40 bits per heavy atom. The topological polar surface area (TPSA) is 3.24 Å². The van der Waals surface area contributed by atoms with Gasteiger partial charge in [0, 0.05) is 35.7 Å². The largest absolute Gasteiger partial charge is 0.370 e. The first-order valence-corrected chi connectivity index (χ1v) is 5.89. The van der Waals surface area contributed by atoms with Gasteiger partial charge in [-0.25, -0.2) is 0 Å². The zero-order valence-electron chi connectivity index (χ0n) is 8.63. The van der Waals surface area contributed by atoms with Gasteiger partial charge in [-0.15, -0.1) is 11.6 Å². The summed E-state index contributed by atoms with van der Waals surface area (Å²) in [4.78, 5) is 2.21. The maximum atomic E-state index is 6.01. The Kier molecular flexibility index (Phi) is 3.22. The van der Waals surface area contributed by atoms with Crippen LogP contribution in [0.4, 0.5) is 5.69 Å². The normalized spacial score (nSPS) is 14.9. The molecule has 80 valence electrons. The summed E-state index contributed by atoms with van der Waals surface area (Å²) < 4.78 is 0. The third kappa shape index (κ3) is 2.14. The number of hydrogen-bond acceptors (Lipinski definition) is 1. The fourth-order valence-corrected chi connectivity index (χ4v) is 2.27. The molecule has 0 atom stereocenters. The van der Waals surface area contributed by atoms with Crippen molar-refractivity contribution in [1.82, 2.24) is 0 Å². The molecule has 0 bridgehead atoms. The van der Waals surface area contributed by atoms with Gasteiger partial charge >= 0.3 is 0 Å². The SMILES string of the molecule is CN1CC=C(CCCl)c2cc(Cl)ccc21. The average molecular weight is 242 g/mol. The Balaban J connectivity index is 2.45. The highest BCUT2D eigenvalue weighted by Crippen LogP contribution is 2.34. The van der Waals surface area contributed by atoms with E-state index in [0.29, 0.717) is 5.88 Å². The number of allylic oxidation sites excluding steroid dienone is 1. The summed E-state index contributed by atoms with van der Waals surface area (Å²) in [6, 6.07) is 6.02. The fourth-order valence-electron chi connectivity index (χ4n) is 1.89. The second kappa shape index (κ2) is 4.46. The van der Waals surface area contributed by atoms with Crippen molar-refractivity contribution in [3.63, 3.8) is 0 Å². The number of rotatable bonds is 2. The standard InChI is InChI=1S/C12H13Cl2N/c1-15-7-5-9(4-6-13)11-8-10(14)2-3-12(11)15/h2-3,5,8H,4,6-7H2,1H3. The van der Waals surface area contributed by atoms with Gasteiger partial charge in [0.2, 0.25) is 0 Å². The van der Waals surface area contributed by atoms with Crippen LogP contribution in [-0.4, -0.2) is 19.5 Å². The van der Waals surface area contributed by atoms with E-state index in [-0.39, 0.29) is 0 Å². The molecule has 0 aliphatic carbocycles. The van der Waals surface area contributed by atoms with Crippen molar-refractivity contribution >= 4 is 34.5 Å². The number of halogens is 2. The number of nitrogens with zero attached hydrogens (tertiary/aromatic N) is 1.